The number of rotatable bonds is 4. The topological polar surface area (TPSA) is 82.3 Å². The van der Waals surface area contributed by atoms with Crippen molar-refractivity contribution in [2.24, 2.45) is 5.14 Å². The SMILES string of the molecule is NS(=O)(=O)c1cccnc1OCc1ccccc1Cl. The summed E-state index contributed by atoms with van der Waals surface area (Å²) < 4.78 is 28.1. The van der Waals surface area contributed by atoms with Gasteiger partial charge in [0.2, 0.25) is 15.9 Å². The third-order valence-electron chi connectivity index (χ3n) is 2.36. The summed E-state index contributed by atoms with van der Waals surface area (Å²) in [6, 6.07) is 9.92. The van der Waals surface area contributed by atoms with Crippen LogP contribution in [0.25, 0.3) is 0 Å². The number of nitrogens with two attached hydrogens (primary N) is 1. The van der Waals surface area contributed by atoms with Gasteiger partial charge in [-0.3, -0.25) is 0 Å². The van der Waals surface area contributed by atoms with Crippen LogP contribution in [0.5, 0.6) is 5.88 Å². The summed E-state index contributed by atoms with van der Waals surface area (Å²) in [6.07, 6.45) is 1.43. The van der Waals surface area contributed by atoms with Crippen LogP contribution in [0.4, 0.5) is 0 Å². The van der Waals surface area contributed by atoms with E-state index in [1.54, 1.807) is 18.2 Å². The Morgan fingerprint density at radius 2 is 1.95 bits per heavy atom. The first-order valence-corrected chi connectivity index (χ1v) is 7.25. The third kappa shape index (κ3) is 3.44. The number of nitrogens with zero attached hydrogens (tertiary/aromatic N) is 1. The Labute approximate surface area is 116 Å². The standard InChI is InChI=1S/C12H11ClN2O3S/c13-10-5-2-1-4-9(10)8-18-12-11(19(14,16)17)6-3-7-15-12/h1-7H,8H2,(H2,14,16,17). The highest BCUT2D eigenvalue weighted by Gasteiger charge is 2.16. The molecular weight excluding hydrogens is 288 g/mol. The molecule has 0 aliphatic heterocycles. The number of hydrogen-bond acceptors (Lipinski definition) is 4. The second-order valence-electron chi connectivity index (χ2n) is 3.73. The van der Waals surface area contributed by atoms with Gasteiger partial charge < -0.3 is 4.74 Å². The van der Waals surface area contributed by atoms with Gasteiger partial charge in [0.15, 0.2) is 0 Å². The van der Waals surface area contributed by atoms with Gasteiger partial charge in [0.25, 0.3) is 0 Å². The van der Waals surface area contributed by atoms with Gasteiger partial charge in [0.05, 0.1) is 0 Å². The zero-order valence-corrected chi connectivity index (χ0v) is 11.4. The normalized spacial score (nSPS) is 11.3. The maximum Gasteiger partial charge on any atom is 0.243 e. The molecule has 0 unspecified atom stereocenters. The number of benzene rings is 1. The summed E-state index contributed by atoms with van der Waals surface area (Å²) in [5, 5.41) is 5.62. The first-order valence-electron chi connectivity index (χ1n) is 5.32. The van der Waals surface area contributed by atoms with E-state index < -0.39 is 10.0 Å². The van der Waals surface area contributed by atoms with Gasteiger partial charge in [-0.2, -0.15) is 0 Å². The molecule has 1 heterocycles. The largest absolute Gasteiger partial charge is 0.472 e. The van der Waals surface area contributed by atoms with E-state index in [4.69, 9.17) is 21.5 Å². The molecule has 100 valence electrons. The van der Waals surface area contributed by atoms with Crippen LogP contribution >= 0.6 is 11.6 Å². The molecule has 0 aliphatic rings. The van der Waals surface area contributed by atoms with Gasteiger partial charge >= 0.3 is 0 Å². The zero-order valence-electron chi connectivity index (χ0n) is 9.78. The fraction of sp³-hybridized carbons (Fsp3) is 0.0833. The van der Waals surface area contributed by atoms with Crippen molar-refractivity contribution in [3.05, 3.63) is 53.2 Å². The first-order chi connectivity index (χ1) is 8.98. The van der Waals surface area contributed by atoms with E-state index in [9.17, 15) is 8.42 Å². The van der Waals surface area contributed by atoms with E-state index in [2.05, 4.69) is 4.98 Å². The number of sulfonamides is 1. The second kappa shape index (κ2) is 5.56. The van der Waals surface area contributed by atoms with Crippen LogP contribution in [0.2, 0.25) is 5.02 Å². The molecule has 5 nitrogen and oxygen atoms in total. The van der Waals surface area contributed by atoms with Crippen LogP contribution in [-0.4, -0.2) is 13.4 Å². The second-order valence-corrected chi connectivity index (χ2v) is 5.67. The average molecular weight is 299 g/mol. The Balaban J connectivity index is 2.24. The molecule has 2 rings (SSSR count). The minimum atomic E-state index is -3.87. The lowest BCUT2D eigenvalue weighted by Crippen LogP contribution is -2.14. The van der Waals surface area contributed by atoms with Crippen molar-refractivity contribution in [3.63, 3.8) is 0 Å². The molecule has 0 saturated carbocycles. The summed E-state index contributed by atoms with van der Waals surface area (Å²) >= 11 is 5.98. The predicted octanol–water partition coefficient (Wildman–Crippen LogP) is 1.96. The van der Waals surface area contributed by atoms with E-state index in [1.807, 2.05) is 6.07 Å². The number of hydrogen-bond donors (Lipinski definition) is 1. The van der Waals surface area contributed by atoms with E-state index >= 15 is 0 Å². The molecule has 0 bridgehead atoms. The molecule has 19 heavy (non-hydrogen) atoms. The van der Waals surface area contributed by atoms with Crippen molar-refractivity contribution >= 4 is 21.6 Å². The van der Waals surface area contributed by atoms with Crippen molar-refractivity contribution in [2.75, 3.05) is 0 Å². The molecule has 0 spiro atoms. The van der Waals surface area contributed by atoms with Gasteiger partial charge in [0, 0.05) is 16.8 Å². The van der Waals surface area contributed by atoms with Crippen LogP contribution in [0.15, 0.2) is 47.5 Å². The fourth-order valence-corrected chi connectivity index (χ4v) is 2.28. The smallest absolute Gasteiger partial charge is 0.243 e. The number of primary sulfonamides is 1. The Bertz CT molecular complexity index is 689. The Morgan fingerprint density at radius 3 is 2.63 bits per heavy atom. The molecular formula is C12H11ClN2O3S. The van der Waals surface area contributed by atoms with Crippen molar-refractivity contribution in [1.82, 2.24) is 4.98 Å². The zero-order chi connectivity index (χ0) is 13.9. The van der Waals surface area contributed by atoms with Gasteiger partial charge in [-0.15, -0.1) is 0 Å². The van der Waals surface area contributed by atoms with Gasteiger partial charge in [-0.25, -0.2) is 18.5 Å². The number of ether oxygens (including phenoxy) is 1. The van der Waals surface area contributed by atoms with E-state index in [0.717, 1.165) is 5.56 Å². The maximum absolute atomic E-state index is 11.4. The monoisotopic (exact) mass is 298 g/mol. The molecule has 0 saturated heterocycles. The fourth-order valence-electron chi connectivity index (χ4n) is 1.46. The van der Waals surface area contributed by atoms with Crippen molar-refractivity contribution in [1.29, 1.82) is 0 Å². The van der Waals surface area contributed by atoms with E-state index in [-0.39, 0.29) is 17.4 Å². The number of halogens is 1. The first kappa shape index (κ1) is 13.8. The van der Waals surface area contributed by atoms with Gasteiger partial charge in [-0.05, 0) is 18.2 Å². The minimum Gasteiger partial charge on any atom is -0.472 e. The van der Waals surface area contributed by atoms with Crippen LogP contribution in [0.1, 0.15) is 5.56 Å². The van der Waals surface area contributed by atoms with Crippen LogP contribution in [0.3, 0.4) is 0 Å². The molecule has 1 aromatic heterocycles. The molecule has 0 fully saturated rings. The maximum atomic E-state index is 11.4. The lowest BCUT2D eigenvalue weighted by atomic mass is 10.2. The number of pyridine rings is 1. The lowest BCUT2D eigenvalue weighted by Gasteiger charge is -2.09. The van der Waals surface area contributed by atoms with Crippen molar-refractivity contribution in [3.8, 4) is 5.88 Å². The third-order valence-corrected chi connectivity index (χ3v) is 3.66. The Morgan fingerprint density at radius 1 is 1.21 bits per heavy atom. The van der Waals surface area contributed by atoms with Crippen molar-refractivity contribution in [2.45, 2.75) is 11.5 Å². The van der Waals surface area contributed by atoms with Crippen LogP contribution < -0.4 is 9.88 Å². The highest BCUT2D eigenvalue weighted by Crippen LogP contribution is 2.22. The summed E-state index contributed by atoms with van der Waals surface area (Å²) in [6.45, 7) is 0.110. The summed E-state index contributed by atoms with van der Waals surface area (Å²) in [5.74, 6) is -0.0371. The highest BCUT2D eigenvalue weighted by molar-refractivity contribution is 7.89. The molecule has 2 N–H and O–H groups in total. The molecule has 0 atom stereocenters. The summed E-state index contributed by atoms with van der Waals surface area (Å²) in [5.41, 5.74) is 0.732. The van der Waals surface area contributed by atoms with E-state index in [0.29, 0.717) is 5.02 Å². The molecule has 0 aliphatic carbocycles. The number of aromatic nitrogens is 1. The highest BCUT2D eigenvalue weighted by atomic mass is 35.5. The Kier molecular flexibility index (Phi) is 4.04. The van der Waals surface area contributed by atoms with E-state index in [1.165, 1.54) is 18.3 Å². The molecule has 1 aromatic carbocycles. The summed E-state index contributed by atoms with van der Waals surface area (Å²) in [7, 11) is -3.87. The van der Waals surface area contributed by atoms with Crippen LogP contribution in [-0.2, 0) is 16.6 Å². The molecule has 0 radical (unpaired) electrons. The average Bonchev–Trinajstić information content (AvgIpc) is 2.37. The lowest BCUT2D eigenvalue weighted by molar-refractivity contribution is 0.285. The molecule has 2 aromatic rings. The van der Waals surface area contributed by atoms with Gasteiger partial charge in [0.1, 0.15) is 11.5 Å². The summed E-state index contributed by atoms with van der Waals surface area (Å²) in [4.78, 5) is 3.71. The minimum absolute atomic E-state index is 0.0371. The quantitative estimate of drug-likeness (QED) is 0.935. The van der Waals surface area contributed by atoms with Gasteiger partial charge in [-0.1, -0.05) is 29.8 Å². The van der Waals surface area contributed by atoms with Crippen LogP contribution in [0, 0.1) is 0 Å². The predicted molar refractivity (Wildman–Crippen MR) is 71.4 cm³/mol. The molecule has 7 heteroatoms. The Hall–Kier alpha value is -1.63. The molecule has 0 amide bonds. The van der Waals surface area contributed by atoms with Crippen molar-refractivity contribution < 1.29 is 13.2 Å².